The minimum absolute atomic E-state index is 0.209. The van der Waals surface area contributed by atoms with Crippen molar-refractivity contribution in [1.82, 2.24) is 4.98 Å². The maximum absolute atomic E-state index is 13.0. The fraction of sp³-hybridized carbons (Fsp3) is 0.304. The number of aryl methyl sites for hydroxylation is 1. The highest BCUT2D eigenvalue weighted by molar-refractivity contribution is 6.12. The van der Waals surface area contributed by atoms with Gasteiger partial charge in [0, 0.05) is 34.4 Å². The first-order valence-electron chi connectivity index (χ1n) is 9.68. The average molecular weight is 378 g/mol. The maximum Gasteiger partial charge on any atom is 0.340 e. The standard InChI is InChI=1S/C23H26N2O3/c1-4-5-14-24-19-12-8-7-11-18(19)23(27)28-16(3)22(26)21-15(2)25-20-13-9-6-10-17(20)21/h6-13,16,24-25H,4-5,14H2,1-3H3/t16-/m0/s1. The third-order valence-corrected chi connectivity index (χ3v) is 4.79. The van der Waals surface area contributed by atoms with E-state index in [-0.39, 0.29) is 5.78 Å². The van der Waals surface area contributed by atoms with Crippen molar-refractivity contribution in [3.8, 4) is 0 Å². The van der Waals surface area contributed by atoms with Gasteiger partial charge in [0.25, 0.3) is 0 Å². The molecule has 3 aromatic rings. The SMILES string of the molecule is CCCCNc1ccccc1C(=O)O[C@@H](C)C(=O)c1c(C)[nH]c2ccccc12. The van der Waals surface area contributed by atoms with Crippen LogP contribution in [0.15, 0.2) is 48.5 Å². The molecule has 0 bridgehead atoms. The zero-order valence-electron chi connectivity index (χ0n) is 16.5. The number of anilines is 1. The Morgan fingerprint density at radius 1 is 1.11 bits per heavy atom. The van der Waals surface area contributed by atoms with Gasteiger partial charge in [-0.2, -0.15) is 0 Å². The van der Waals surface area contributed by atoms with Crippen molar-refractivity contribution in [2.24, 2.45) is 0 Å². The molecule has 2 N–H and O–H groups in total. The predicted molar refractivity (Wildman–Crippen MR) is 112 cm³/mol. The minimum atomic E-state index is -0.880. The Morgan fingerprint density at radius 2 is 1.82 bits per heavy atom. The van der Waals surface area contributed by atoms with Crippen LogP contribution in [-0.4, -0.2) is 29.4 Å². The van der Waals surface area contributed by atoms with Gasteiger partial charge in [-0.25, -0.2) is 4.79 Å². The molecule has 146 valence electrons. The lowest BCUT2D eigenvalue weighted by Gasteiger charge is -2.15. The number of benzene rings is 2. The number of nitrogens with one attached hydrogen (secondary N) is 2. The second-order valence-electron chi connectivity index (χ2n) is 6.91. The number of rotatable bonds is 8. The van der Waals surface area contributed by atoms with E-state index < -0.39 is 12.1 Å². The van der Waals surface area contributed by atoms with Crippen molar-refractivity contribution in [2.45, 2.75) is 39.7 Å². The van der Waals surface area contributed by atoms with E-state index in [2.05, 4.69) is 17.2 Å². The van der Waals surface area contributed by atoms with Crippen molar-refractivity contribution in [2.75, 3.05) is 11.9 Å². The van der Waals surface area contributed by atoms with Gasteiger partial charge in [-0.1, -0.05) is 43.7 Å². The number of Topliss-reactive ketones (excluding diaryl/α,β-unsaturated/α-hetero) is 1. The highest BCUT2D eigenvalue weighted by atomic mass is 16.5. The number of carbonyl (C=O) groups is 2. The number of ether oxygens (including phenoxy) is 1. The lowest BCUT2D eigenvalue weighted by atomic mass is 10.0. The summed E-state index contributed by atoms with van der Waals surface area (Å²) in [4.78, 5) is 28.9. The zero-order valence-corrected chi connectivity index (χ0v) is 16.5. The summed E-state index contributed by atoms with van der Waals surface area (Å²) in [5.74, 6) is -0.710. The fourth-order valence-electron chi connectivity index (χ4n) is 3.29. The summed E-state index contributed by atoms with van der Waals surface area (Å²) in [6.45, 7) is 6.37. The number of esters is 1. The molecule has 1 aromatic heterocycles. The van der Waals surface area contributed by atoms with Crippen LogP contribution in [0, 0.1) is 6.92 Å². The zero-order chi connectivity index (χ0) is 20.1. The first-order chi connectivity index (χ1) is 13.5. The molecule has 0 radical (unpaired) electrons. The molecule has 0 spiro atoms. The number of aromatic nitrogens is 1. The van der Waals surface area contributed by atoms with Crippen molar-refractivity contribution < 1.29 is 14.3 Å². The Kier molecular flexibility index (Phi) is 6.14. The van der Waals surface area contributed by atoms with Gasteiger partial charge in [0.1, 0.15) is 0 Å². The molecular weight excluding hydrogens is 352 g/mol. The Labute approximate surface area is 165 Å². The number of hydrogen-bond donors (Lipinski definition) is 2. The van der Waals surface area contributed by atoms with Crippen LogP contribution in [0.4, 0.5) is 5.69 Å². The summed E-state index contributed by atoms with van der Waals surface area (Å²) in [5, 5.41) is 4.11. The molecule has 5 heteroatoms. The molecule has 0 aliphatic rings. The van der Waals surface area contributed by atoms with Gasteiger partial charge in [-0.3, -0.25) is 4.79 Å². The van der Waals surface area contributed by atoms with Crippen molar-refractivity contribution in [1.29, 1.82) is 0 Å². The Morgan fingerprint density at radius 3 is 2.61 bits per heavy atom. The number of aromatic amines is 1. The lowest BCUT2D eigenvalue weighted by Crippen LogP contribution is -2.25. The van der Waals surface area contributed by atoms with E-state index in [9.17, 15) is 9.59 Å². The van der Waals surface area contributed by atoms with E-state index in [0.717, 1.165) is 41.7 Å². The van der Waals surface area contributed by atoms with Crippen molar-refractivity contribution in [3.63, 3.8) is 0 Å². The largest absolute Gasteiger partial charge is 0.451 e. The summed E-state index contributed by atoms with van der Waals surface area (Å²) >= 11 is 0. The van der Waals surface area contributed by atoms with E-state index in [1.54, 1.807) is 19.1 Å². The first-order valence-corrected chi connectivity index (χ1v) is 9.68. The summed E-state index contributed by atoms with van der Waals surface area (Å²) in [6.07, 6.45) is 1.20. The number of unbranched alkanes of at least 4 members (excludes halogenated alkanes) is 1. The summed E-state index contributed by atoms with van der Waals surface area (Å²) in [5.41, 5.74) is 3.41. The topological polar surface area (TPSA) is 71.2 Å². The predicted octanol–water partition coefficient (Wildman–Crippen LogP) is 5.12. The number of para-hydroxylation sites is 2. The second kappa shape index (κ2) is 8.74. The number of fused-ring (bicyclic) bond motifs is 1. The Balaban J connectivity index is 1.77. The summed E-state index contributed by atoms with van der Waals surface area (Å²) < 4.78 is 5.53. The van der Waals surface area contributed by atoms with Crippen LogP contribution >= 0.6 is 0 Å². The molecule has 5 nitrogen and oxygen atoms in total. The molecule has 1 heterocycles. The third kappa shape index (κ3) is 4.09. The third-order valence-electron chi connectivity index (χ3n) is 4.79. The smallest absolute Gasteiger partial charge is 0.340 e. The van der Waals surface area contributed by atoms with Gasteiger partial charge in [0.2, 0.25) is 5.78 Å². The van der Waals surface area contributed by atoms with Crippen LogP contribution < -0.4 is 5.32 Å². The molecule has 0 aliphatic carbocycles. The molecule has 0 saturated heterocycles. The number of H-pyrrole nitrogens is 1. The average Bonchev–Trinajstić information content (AvgIpc) is 3.03. The van der Waals surface area contributed by atoms with Crippen LogP contribution in [-0.2, 0) is 4.74 Å². The Hall–Kier alpha value is -3.08. The van der Waals surface area contributed by atoms with Gasteiger partial charge < -0.3 is 15.0 Å². The molecule has 0 amide bonds. The molecule has 0 unspecified atom stereocenters. The van der Waals surface area contributed by atoms with Gasteiger partial charge >= 0.3 is 5.97 Å². The normalized spacial score (nSPS) is 12.0. The lowest BCUT2D eigenvalue weighted by molar-refractivity contribution is 0.0320. The van der Waals surface area contributed by atoms with E-state index in [4.69, 9.17) is 4.74 Å². The molecule has 0 fully saturated rings. The van der Waals surface area contributed by atoms with Gasteiger partial charge in [-0.05, 0) is 38.5 Å². The number of carbonyl (C=O) groups excluding carboxylic acids is 2. The van der Waals surface area contributed by atoms with Crippen LogP contribution in [0.5, 0.6) is 0 Å². The molecule has 3 rings (SSSR count). The molecular formula is C23H26N2O3. The van der Waals surface area contributed by atoms with Crippen LogP contribution in [0.2, 0.25) is 0 Å². The molecule has 1 atom stereocenters. The monoisotopic (exact) mass is 378 g/mol. The first kappa shape index (κ1) is 19.7. The summed E-state index contributed by atoms with van der Waals surface area (Å²) in [7, 11) is 0. The van der Waals surface area contributed by atoms with E-state index in [0.29, 0.717) is 11.1 Å². The molecule has 0 aliphatic heterocycles. The van der Waals surface area contributed by atoms with E-state index in [1.807, 2.05) is 43.3 Å². The highest BCUT2D eigenvalue weighted by Crippen LogP contribution is 2.24. The summed E-state index contributed by atoms with van der Waals surface area (Å²) in [6, 6.07) is 14.8. The van der Waals surface area contributed by atoms with Gasteiger partial charge in [0.05, 0.1) is 5.56 Å². The van der Waals surface area contributed by atoms with E-state index >= 15 is 0 Å². The van der Waals surface area contributed by atoms with Crippen molar-refractivity contribution in [3.05, 3.63) is 65.4 Å². The minimum Gasteiger partial charge on any atom is -0.451 e. The number of ketones is 1. The molecule has 2 aromatic carbocycles. The quantitative estimate of drug-likeness (QED) is 0.324. The van der Waals surface area contributed by atoms with Gasteiger partial charge in [-0.15, -0.1) is 0 Å². The fourth-order valence-corrected chi connectivity index (χ4v) is 3.29. The number of hydrogen-bond acceptors (Lipinski definition) is 4. The highest BCUT2D eigenvalue weighted by Gasteiger charge is 2.25. The molecule has 28 heavy (non-hydrogen) atoms. The Bertz CT molecular complexity index is 990. The molecule has 0 saturated carbocycles. The van der Waals surface area contributed by atoms with Crippen LogP contribution in [0.25, 0.3) is 10.9 Å². The maximum atomic E-state index is 13.0. The van der Waals surface area contributed by atoms with Crippen LogP contribution in [0.3, 0.4) is 0 Å². The van der Waals surface area contributed by atoms with E-state index in [1.165, 1.54) is 0 Å². The second-order valence-corrected chi connectivity index (χ2v) is 6.91. The van der Waals surface area contributed by atoms with Crippen LogP contribution in [0.1, 0.15) is 53.1 Å². The van der Waals surface area contributed by atoms with Crippen molar-refractivity contribution >= 4 is 28.3 Å². The van der Waals surface area contributed by atoms with Gasteiger partial charge in [0.15, 0.2) is 6.10 Å².